The summed E-state index contributed by atoms with van der Waals surface area (Å²) >= 11 is 0. The molecule has 1 aliphatic carbocycles. The Morgan fingerprint density at radius 3 is 2.29 bits per heavy atom. The van der Waals surface area contributed by atoms with Crippen molar-refractivity contribution in [3.8, 4) is 0 Å². The number of carbonyl (C=O) groups is 5. The molecule has 15 nitrogen and oxygen atoms in total. The topological polar surface area (TPSA) is 266 Å². The number of guanidine groups is 1. The largest absolute Gasteiger partial charge is 0.370 e. The SMILES string of the molecule is NC(=O)[C@H](Cc1c[nH]c2ccccc12)NC(=O)CNC(=O)[C@H](CCCN=C(N)N)NC(=O)C1(NC(=O)[C@@H](N)Cc2ccc(F)cc2)CC1. The highest BCUT2D eigenvalue weighted by molar-refractivity contribution is 5.98. The molecule has 5 amide bonds. The van der Waals surface area contributed by atoms with Crippen molar-refractivity contribution in [1.82, 2.24) is 26.3 Å². The number of nitrogens with zero attached hydrogens (tertiary/aromatic N) is 1. The second-order valence-corrected chi connectivity index (χ2v) is 11.8. The van der Waals surface area contributed by atoms with E-state index >= 15 is 0 Å². The maximum absolute atomic E-state index is 13.4. The van der Waals surface area contributed by atoms with Crippen LogP contribution < -0.4 is 44.2 Å². The van der Waals surface area contributed by atoms with E-state index in [1.165, 1.54) is 24.3 Å². The van der Waals surface area contributed by atoms with Crippen LogP contribution in [0.4, 0.5) is 4.39 Å². The van der Waals surface area contributed by atoms with Gasteiger partial charge in [-0.05, 0) is 61.4 Å². The van der Waals surface area contributed by atoms with Gasteiger partial charge in [-0.2, -0.15) is 0 Å². The van der Waals surface area contributed by atoms with Crippen LogP contribution >= 0.6 is 0 Å². The van der Waals surface area contributed by atoms with Gasteiger partial charge in [-0.15, -0.1) is 0 Å². The minimum atomic E-state index is -1.26. The molecular formula is C32H41FN10O5. The Labute approximate surface area is 275 Å². The Morgan fingerprint density at radius 2 is 1.62 bits per heavy atom. The smallest absolute Gasteiger partial charge is 0.246 e. The molecule has 1 saturated carbocycles. The molecule has 0 spiro atoms. The zero-order valence-corrected chi connectivity index (χ0v) is 26.3. The van der Waals surface area contributed by atoms with Crippen LogP contribution in [0.2, 0.25) is 0 Å². The number of amides is 5. The van der Waals surface area contributed by atoms with Crippen molar-refractivity contribution in [1.29, 1.82) is 0 Å². The van der Waals surface area contributed by atoms with Crippen LogP contribution in [0.3, 0.4) is 0 Å². The molecule has 0 aliphatic heterocycles. The molecule has 2 aromatic carbocycles. The summed E-state index contributed by atoms with van der Waals surface area (Å²) in [5.74, 6) is -3.81. The van der Waals surface area contributed by atoms with E-state index in [-0.39, 0.29) is 31.8 Å². The Kier molecular flexibility index (Phi) is 11.7. The highest BCUT2D eigenvalue weighted by Gasteiger charge is 2.52. The van der Waals surface area contributed by atoms with E-state index < -0.39 is 65.6 Å². The van der Waals surface area contributed by atoms with Crippen molar-refractivity contribution >= 4 is 46.4 Å². The van der Waals surface area contributed by atoms with Crippen LogP contribution in [0.15, 0.2) is 59.7 Å². The van der Waals surface area contributed by atoms with Gasteiger partial charge in [0.2, 0.25) is 29.5 Å². The number of benzene rings is 2. The number of para-hydroxylation sites is 1. The number of aromatic nitrogens is 1. The lowest BCUT2D eigenvalue weighted by Gasteiger charge is -2.24. The van der Waals surface area contributed by atoms with Gasteiger partial charge in [-0.1, -0.05) is 30.3 Å². The third-order valence-electron chi connectivity index (χ3n) is 8.02. The molecule has 0 radical (unpaired) electrons. The number of halogens is 1. The molecule has 256 valence electrons. The molecule has 0 bridgehead atoms. The fourth-order valence-electron chi connectivity index (χ4n) is 5.18. The molecule has 3 atom stereocenters. The third-order valence-corrected chi connectivity index (χ3v) is 8.02. The summed E-state index contributed by atoms with van der Waals surface area (Å²) in [4.78, 5) is 71.4. The molecule has 0 saturated heterocycles. The van der Waals surface area contributed by atoms with E-state index in [0.717, 1.165) is 16.5 Å². The van der Waals surface area contributed by atoms with Crippen LogP contribution in [0, 0.1) is 5.82 Å². The van der Waals surface area contributed by atoms with E-state index in [2.05, 4.69) is 31.2 Å². The molecular weight excluding hydrogens is 623 g/mol. The summed E-state index contributed by atoms with van der Waals surface area (Å²) in [5.41, 5.74) is 23.4. The summed E-state index contributed by atoms with van der Waals surface area (Å²) < 4.78 is 13.2. The third kappa shape index (κ3) is 9.75. The number of carbonyl (C=O) groups excluding carboxylic acids is 5. The maximum Gasteiger partial charge on any atom is 0.246 e. The second-order valence-electron chi connectivity index (χ2n) is 11.8. The van der Waals surface area contributed by atoms with Gasteiger partial charge in [-0.3, -0.25) is 29.0 Å². The quantitative estimate of drug-likeness (QED) is 0.0474. The number of primary amides is 1. The van der Waals surface area contributed by atoms with Gasteiger partial charge in [0.05, 0.1) is 12.6 Å². The first kappa shape index (κ1) is 35.3. The van der Waals surface area contributed by atoms with Crippen molar-refractivity contribution in [3.63, 3.8) is 0 Å². The predicted molar refractivity (Wildman–Crippen MR) is 176 cm³/mol. The Morgan fingerprint density at radius 1 is 0.917 bits per heavy atom. The zero-order valence-electron chi connectivity index (χ0n) is 26.3. The predicted octanol–water partition coefficient (Wildman–Crippen LogP) is -1.31. The average Bonchev–Trinajstić information content (AvgIpc) is 3.73. The highest BCUT2D eigenvalue weighted by Crippen LogP contribution is 2.36. The maximum atomic E-state index is 13.4. The fraction of sp³-hybridized carbons (Fsp3) is 0.375. The van der Waals surface area contributed by atoms with Crippen molar-refractivity contribution in [2.75, 3.05) is 13.1 Å². The molecule has 13 N–H and O–H groups in total. The number of fused-ring (bicyclic) bond motifs is 1. The molecule has 1 heterocycles. The van der Waals surface area contributed by atoms with E-state index in [9.17, 15) is 28.4 Å². The fourth-order valence-corrected chi connectivity index (χ4v) is 5.18. The van der Waals surface area contributed by atoms with Crippen LogP contribution in [0.25, 0.3) is 10.9 Å². The number of aliphatic imine (C=N–C) groups is 1. The van der Waals surface area contributed by atoms with E-state index in [1.807, 2.05) is 24.3 Å². The first-order chi connectivity index (χ1) is 22.9. The van der Waals surface area contributed by atoms with Gasteiger partial charge < -0.3 is 49.2 Å². The normalized spacial score (nSPS) is 15.0. The van der Waals surface area contributed by atoms with Gasteiger partial charge in [0.1, 0.15) is 23.4 Å². The number of rotatable bonds is 17. The van der Waals surface area contributed by atoms with Gasteiger partial charge in [-0.25, -0.2) is 4.39 Å². The number of H-pyrrole nitrogens is 1. The van der Waals surface area contributed by atoms with Crippen molar-refractivity contribution < 1.29 is 28.4 Å². The zero-order chi connectivity index (χ0) is 34.8. The van der Waals surface area contributed by atoms with E-state index in [4.69, 9.17) is 22.9 Å². The van der Waals surface area contributed by atoms with Gasteiger partial charge in [0, 0.05) is 30.1 Å². The van der Waals surface area contributed by atoms with Crippen molar-refractivity contribution in [2.45, 2.75) is 62.2 Å². The summed E-state index contributed by atoms with van der Waals surface area (Å²) in [7, 11) is 0. The molecule has 48 heavy (non-hydrogen) atoms. The lowest BCUT2D eigenvalue weighted by molar-refractivity contribution is -0.134. The number of aromatic amines is 1. The Hall–Kier alpha value is -5.51. The standard InChI is InChI=1S/C32H41FN10O5/c33-20-9-7-18(8-10-20)14-22(34)28(46)43-32(11-12-32)30(48)42-24(6-3-13-38-31(36)37)29(47)40-17-26(44)41-25(27(35)45)15-19-16-39-23-5-2-1-4-21(19)23/h1-2,4-5,7-10,16,22,24-25,39H,3,6,11-15,17,34H2,(H2,35,45)(H,40,47)(H,41,44)(H,42,48)(H,43,46)(H4,36,37,38)/t22-,24-,25-/m0/s1. The molecule has 16 heteroatoms. The second kappa shape index (κ2) is 15.9. The van der Waals surface area contributed by atoms with Gasteiger partial charge in [0.15, 0.2) is 5.96 Å². The molecule has 0 unspecified atom stereocenters. The van der Waals surface area contributed by atoms with Crippen LogP contribution in [0.5, 0.6) is 0 Å². The molecule has 4 rings (SSSR count). The first-order valence-corrected chi connectivity index (χ1v) is 15.5. The monoisotopic (exact) mass is 664 g/mol. The lowest BCUT2D eigenvalue weighted by Crippen LogP contribution is -2.58. The van der Waals surface area contributed by atoms with Crippen LogP contribution in [-0.4, -0.2) is 77.2 Å². The van der Waals surface area contributed by atoms with Crippen molar-refractivity contribution in [2.24, 2.45) is 27.9 Å². The number of hydrogen-bond donors (Lipinski definition) is 9. The van der Waals surface area contributed by atoms with Gasteiger partial charge >= 0.3 is 0 Å². The molecule has 1 aliphatic rings. The Balaban J connectivity index is 1.34. The minimum Gasteiger partial charge on any atom is -0.370 e. The number of nitrogens with two attached hydrogens (primary N) is 4. The highest BCUT2D eigenvalue weighted by atomic mass is 19.1. The molecule has 1 fully saturated rings. The summed E-state index contributed by atoms with van der Waals surface area (Å²) in [6.07, 6.45) is 3.04. The number of nitrogens with one attached hydrogen (secondary N) is 5. The number of hydrogen-bond acceptors (Lipinski definition) is 7. The van der Waals surface area contributed by atoms with Gasteiger partial charge in [0.25, 0.3) is 0 Å². The minimum absolute atomic E-state index is 0.106. The lowest BCUT2D eigenvalue weighted by atomic mass is 10.0. The Bertz CT molecular complexity index is 1670. The molecule has 1 aromatic heterocycles. The van der Waals surface area contributed by atoms with Crippen molar-refractivity contribution in [3.05, 3.63) is 71.7 Å². The summed E-state index contributed by atoms with van der Waals surface area (Å²) in [6, 6.07) is 9.88. The summed E-state index contributed by atoms with van der Waals surface area (Å²) in [6.45, 7) is -0.326. The van der Waals surface area contributed by atoms with E-state index in [1.54, 1.807) is 6.20 Å². The summed E-state index contributed by atoms with van der Waals surface area (Å²) in [5, 5.41) is 11.3. The van der Waals surface area contributed by atoms with E-state index in [0.29, 0.717) is 24.8 Å². The van der Waals surface area contributed by atoms with Crippen LogP contribution in [0.1, 0.15) is 36.8 Å². The molecule has 3 aromatic rings. The van der Waals surface area contributed by atoms with Crippen LogP contribution in [-0.2, 0) is 36.8 Å². The first-order valence-electron chi connectivity index (χ1n) is 15.5. The average molecular weight is 665 g/mol.